The summed E-state index contributed by atoms with van der Waals surface area (Å²) in [6, 6.07) is 2.38. The van der Waals surface area contributed by atoms with Crippen LogP contribution in [0.2, 0.25) is 38.3 Å². The van der Waals surface area contributed by atoms with E-state index in [4.69, 9.17) is 23.1 Å². The average molecular weight is 419 g/mol. The number of rotatable bonds is 18. The largest absolute Gasteiger partial charge is 0.455 e. The van der Waals surface area contributed by atoms with E-state index in [1.54, 1.807) is 0 Å². The van der Waals surface area contributed by atoms with Crippen LogP contribution in [0.1, 0.15) is 38.5 Å². The van der Waals surface area contributed by atoms with Crippen LogP contribution in [0.4, 0.5) is 0 Å². The molecule has 0 bridgehead atoms. The number of hydrogen-bond acceptors (Lipinski definition) is 5. The molecule has 2 unspecified atom stereocenters. The van der Waals surface area contributed by atoms with Gasteiger partial charge in [0.15, 0.2) is 16.6 Å². The highest BCUT2D eigenvalue weighted by atomic mass is 28.4. The topological polar surface area (TPSA) is 52.8 Å². The molecule has 2 atom stereocenters. The quantitative estimate of drug-likeness (QED) is 0.185. The summed E-state index contributed by atoms with van der Waals surface area (Å²) < 4.78 is 28.7. The maximum atomic E-state index is 6.69. The van der Waals surface area contributed by atoms with Crippen molar-refractivity contribution in [1.29, 1.82) is 0 Å². The highest BCUT2D eigenvalue weighted by molar-refractivity contribution is 6.84. The molecule has 0 N–H and O–H groups in total. The fourth-order valence-electron chi connectivity index (χ4n) is 3.55. The van der Waals surface area contributed by atoms with E-state index in [9.17, 15) is 0 Å². The van der Waals surface area contributed by atoms with E-state index < -0.39 is 16.6 Å². The fourth-order valence-corrected chi connectivity index (χ4v) is 12.3. The Morgan fingerprint density at radius 1 is 0.667 bits per heavy atom. The highest BCUT2D eigenvalue weighted by Crippen LogP contribution is 2.24. The minimum absolute atomic E-state index is 0.531. The van der Waals surface area contributed by atoms with Crippen LogP contribution in [0.15, 0.2) is 0 Å². The molecule has 2 fully saturated rings. The summed E-state index contributed by atoms with van der Waals surface area (Å²) in [5, 5.41) is 0. The summed E-state index contributed by atoms with van der Waals surface area (Å²) in [6.45, 7) is 14.8. The van der Waals surface area contributed by atoms with Crippen molar-refractivity contribution < 1.29 is 23.1 Å². The first-order chi connectivity index (χ1) is 12.9. The Hall–Kier alpha value is 0.234. The molecule has 0 radical (unpaired) electrons. The Morgan fingerprint density at radius 3 is 1.41 bits per heavy atom. The molecule has 0 aliphatic carbocycles. The SMILES string of the molecule is C[Si](C)(CCCOCCCC1CO1)O[Si](C)(C)CCCOCCCC1CO1. The molecule has 160 valence electrons. The van der Waals surface area contributed by atoms with Crippen LogP contribution in [0.25, 0.3) is 0 Å². The standard InChI is InChI=1S/C20H42O5Si2/c1-26(2,15-7-13-21-11-5-9-19-17-23-19)25-27(3,4)16-8-14-22-12-6-10-20-18-24-20/h19-20H,5-18H2,1-4H3. The molecule has 2 heterocycles. The molecule has 2 aliphatic rings. The lowest BCUT2D eigenvalue weighted by atomic mass is 10.3. The Balaban J connectivity index is 1.43. The van der Waals surface area contributed by atoms with Gasteiger partial charge in [-0.15, -0.1) is 0 Å². The van der Waals surface area contributed by atoms with Crippen molar-refractivity contribution in [2.75, 3.05) is 39.6 Å². The molecular weight excluding hydrogens is 376 g/mol. The molecule has 0 spiro atoms. The van der Waals surface area contributed by atoms with Gasteiger partial charge >= 0.3 is 0 Å². The first-order valence-corrected chi connectivity index (χ1v) is 17.2. The summed E-state index contributed by atoms with van der Waals surface area (Å²) in [4.78, 5) is 0. The van der Waals surface area contributed by atoms with E-state index in [-0.39, 0.29) is 0 Å². The Labute approximate surface area is 168 Å². The second-order valence-electron chi connectivity index (χ2n) is 9.25. The van der Waals surface area contributed by atoms with Gasteiger partial charge in [-0.05, 0) is 76.8 Å². The van der Waals surface area contributed by atoms with E-state index >= 15 is 0 Å². The molecule has 2 saturated heterocycles. The molecule has 0 aromatic heterocycles. The molecule has 2 rings (SSSR count). The van der Waals surface area contributed by atoms with Gasteiger partial charge in [-0.1, -0.05) is 0 Å². The first kappa shape index (κ1) is 23.5. The van der Waals surface area contributed by atoms with Crippen molar-refractivity contribution in [3.05, 3.63) is 0 Å². The predicted octanol–water partition coefficient (Wildman–Crippen LogP) is 4.58. The minimum atomic E-state index is -1.59. The third-order valence-corrected chi connectivity index (χ3v) is 12.7. The van der Waals surface area contributed by atoms with Gasteiger partial charge in [0, 0.05) is 26.4 Å². The average Bonchev–Trinajstić information content (AvgIpc) is 3.46. The van der Waals surface area contributed by atoms with Crippen molar-refractivity contribution >= 4 is 16.6 Å². The summed E-state index contributed by atoms with van der Waals surface area (Å²) in [5.74, 6) is 0. The third-order valence-electron chi connectivity index (χ3n) is 5.12. The van der Waals surface area contributed by atoms with Crippen LogP contribution in [-0.2, 0) is 23.1 Å². The number of epoxide rings is 2. The molecule has 2 aliphatic heterocycles. The van der Waals surface area contributed by atoms with Crippen LogP contribution >= 0.6 is 0 Å². The maximum Gasteiger partial charge on any atom is 0.173 e. The van der Waals surface area contributed by atoms with Crippen LogP contribution in [-0.4, -0.2) is 68.5 Å². The second kappa shape index (κ2) is 12.0. The zero-order chi connectivity index (χ0) is 19.6. The van der Waals surface area contributed by atoms with Crippen molar-refractivity contribution in [2.45, 2.75) is 89.0 Å². The summed E-state index contributed by atoms with van der Waals surface area (Å²) >= 11 is 0. The third kappa shape index (κ3) is 13.1. The van der Waals surface area contributed by atoms with Crippen molar-refractivity contribution in [1.82, 2.24) is 0 Å². The summed E-state index contributed by atoms with van der Waals surface area (Å²) in [5.41, 5.74) is 0. The highest BCUT2D eigenvalue weighted by Gasteiger charge is 2.32. The molecule has 7 heteroatoms. The molecule has 0 amide bonds. The Morgan fingerprint density at radius 2 is 1.04 bits per heavy atom. The van der Waals surface area contributed by atoms with Crippen molar-refractivity contribution in [3.8, 4) is 0 Å². The molecule has 0 aromatic carbocycles. The maximum absolute atomic E-state index is 6.69. The van der Waals surface area contributed by atoms with Crippen LogP contribution in [0.5, 0.6) is 0 Å². The lowest BCUT2D eigenvalue weighted by Crippen LogP contribution is -2.44. The van der Waals surface area contributed by atoms with Gasteiger partial charge in [-0.2, -0.15) is 0 Å². The van der Waals surface area contributed by atoms with Gasteiger partial charge < -0.3 is 23.1 Å². The van der Waals surface area contributed by atoms with Gasteiger partial charge in [-0.25, -0.2) is 0 Å². The smallest absolute Gasteiger partial charge is 0.173 e. The monoisotopic (exact) mass is 418 g/mol. The predicted molar refractivity (Wildman–Crippen MR) is 114 cm³/mol. The Kier molecular flexibility index (Phi) is 10.5. The number of hydrogen-bond donors (Lipinski definition) is 0. The van der Waals surface area contributed by atoms with E-state index in [1.165, 1.54) is 12.1 Å². The number of ether oxygens (including phenoxy) is 4. The Bertz CT molecular complexity index is 362. The lowest BCUT2D eigenvalue weighted by molar-refractivity contribution is 0.128. The van der Waals surface area contributed by atoms with Gasteiger partial charge in [0.1, 0.15) is 0 Å². The van der Waals surface area contributed by atoms with Crippen LogP contribution in [0.3, 0.4) is 0 Å². The zero-order valence-corrected chi connectivity index (χ0v) is 20.1. The van der Waals surface area contributed by atoms with Crippen molar-refractivity contribution in [3.63, 3.8) is 0 Å². The lowest BCUT2D eigenvalue weighted by Gasteiger charge is -2.34. The molecule has 0 aromatic rings. The van der Waals surface area contributed by atoms with Gasteiger partial charge in [0.05, 0.1) is 25.4 Å². The van der Waals surface area contributed by atoms with Crippen LogP contribution < -0.4 is 0 Å². The van der Waals surface area contributed by atoms with E-state index in [1.807, 2.05) is 0 Å². The molecule has 0 saturated carbocycles. The molecule has 5 nitrogen and oxygen atoms in total. The van der Waals surface area contributed by atoms with Crippen molar-refractivity contribution in [2.24, 2.45) is 0 Å². The molecular formula is C20H42O5Si2. The van der Waals surface area contributed by atoms with E-state index in [0.717, 1.165) is 78.2 Å². The molecule has 27 heavy (non-hydrogen) atoms. The second-order valence-corrected chi connectivity index (χ2v) is 18.1. The van der Waals surface area contributed by atoms with Gasteiger partial charge in [0.25, 0.3) is 0 Å². The normalized spacial score (nSPS) is 22.2. The summed E-state index contributed by atoms with van der Waals surface area (Å²) in [6.07, 6.45) is 7.86. The minimum Gasteiger partial charge on any atom is -0.455 e. The first-order valence-electron chi connectivity index (χ1n) is 11.0. The van der Waals surface area contributed by atoms with E-state index in [0.29, 0.717) is 12.2 Å². The summed E-state index contributed by atoms with van der Waals surface area (Å²) in [7, 11) is -3.19. The zero-order valence-electron chi connectivity index (χ0n) is 18.1. The van der Waals surface area contributed by atoms with E-state index in [2.05, 4.69) is 26.2 Å². The fraction of sp³-hybridized carbons (Fsp3) is 1.00. The van der Waals surface area contributed by atoms with Gasteiger partial charge in [0.2, 0.25) is 0 Å². The van der Waals surface area contributed by atoms with Crippen LogP contribution in [0, 0.1) is 0 Å². The van der Waals surface area contributed by atoms with Gasteiger partial charge in [-0.3, -0.25) is 0 Å².